The number of rotatable bonds is 5. The summed E-state index contributed by atoms with van der Waals surface area (Å²) in [4.78, 5) is 25.0. The van der Waals surface area contributed by atoms with E-state index < -0.39 is 5.63 Å². The minimum Gasteiger partial charge on any atom is -0.457 e. The number of hydrogen-bond acceptors (Lipinski definition) is 4. The van der Waals surface area contributed by atoms with E-state index in [1.807, 2.05) is 37.3 Å². The standard InChI is InChI=1S/C29H19Cl2NO4/c1-17-12-22(6-9-24(17)25-15-18-4-2-3-5-26(18)36-29(25)34)32-28(33)11-8-23-7-10-27(35-23)19-13-20(30)16-21(31)14-19/h2-16H,1H3,(H,32,33)/b11-8+. The Balaban J connectivity index is 1.30. The van der Waals surface area contributed by atoms with E-state index in [1.165, 1.54) is 6.08 Å². The molecule has 5 aromatic rings. The van der Waals surface area contributed by atoms with Gasteiger partial charge in [-0.3, -0.25) is 4.79 Å². The first kappa shape index (κ1) is 23.7. The molecule has 2 aromatic heterocycles. The fraction of sp³-hybridized carbons (Fsp3) is 0.0345. The number of anilines is 1. The molecule has 7 heteroatoms. The summed E-state index contributed by atoms with van der Waals surface area (Å²) in [6.45, 7) is 1.88. The quantitative estimate of drug-likeness (QED) is 0.190. The van der Waals surface area contributed by atoms with Crippen LogP contribution in [0.3, 0.4) is 0 Å². The molecule has 0 aliphatic rings. The SMILES string of the molecule is Cc1cc(NC(=O)/C=C/c2ccc(-c3cc(Cl)cc(Cl)c3)o2)ccc1-c1cc2ccccc2oc1=O. The lowest BCUT2D eigenvalue weighted by atomic mass is 10.0. The Kier molecular flexibility index (Phi) is 6.51. The number of benzene rings is 3. The van der Waals surface area contributed by atoms with Crippen LogP contribution in [0.4, 0.5) is 5.69 Å². The molecular formula is C29H19Cl2NO4. The lowest BCUT2D eigenvalue weighted by Crippen LogP contribution is -2.08. The zero-order valence-electron chi connectivity index (χ0n) is 19.0. The number of nitrogens with one attached hydrogen (secondary N) is 1. The van der Waals surface area contributed by atoms with E-state index in [2.05, 4.69) is 5.32 Å². The van der Waals surface area contributed by atoms with Crippen molar-refractivity contribution in [2.24, 2.45) is 0 Å². The van der Waals surface area contributed by atoms with Gasteiger partial charge in [-0.25, -0.2) is 4.79 Å². The molecule has 1 amide bonds. The summed E-state index contributed by atoms with van der Waals surface area (Å²) in [5, 5.41) is 4.68. The minimum absolute atomic E-state index is 0.323. The number of fused-ring (bicyclic) bond motifs is 1. The highest BCUT2D eigenvalue weighted by Gasteiger charge is 2.11. The summed E-state index contributed by atoms with van der Waals surface area (Å²) < 4.78 is 11.2. The van der Waals surface area contributed by atoms with Gasteiger partial charge in [-0.2, -0.15) is 0 Å². The predicted molar refractivity (Wildman–Crippen MR) is 144 cm³/mol. The molecule has 0 atom stereocenters. The van der Waals surface area contributed by atoms with Crippen molar-refractivity contribution in [1.29, 1.82) is 0 Å². The summed E-state index contributed by atoms with van der Waals surface area (Å²) in [7, 11) is 0. The Morgan fingerprint density at radius 1 is 0.861 bits per heavy atom. The zero-order valence-corrected chi connectivity index (χ0v) is 20.6. The number of halogens is 2. The molecule has 0 aliphatic heterocycles. The molecule has 178 valence electrons. The summed E-state index contributed by atoms with van der Waals surface area (Å²) in [6, 6.07) is 23.2. The summed E-state index contributed by atoms with van der Waals surface area (Å²) in [6.07, 6.45) is 2.96. The van der Waals surface area contributed by atoms with E-state index >= 15 is 0 Å². The second-order valence-electron chi connectivity index (χ2n) is 8.20. The fourth-order valence-corrected chi connectivity index (χ4v) is 4.45. The monoisotopic (exact) mass is 515 g/mol. The summed E-state index contributed by atoms with van der Waals surface area (Å²) in [5.74, 6) is 0.769. The van der Waals surface area contributed by atoms with Gasteiger partial charge in [0.2, 0.25) is 5.91 Å². The maximum absolute atomic E-state index is 12.5. The van der Waals surface area contributed by atoms with Crippen LogP contribution in [-0.4, -0.2) is 5.91 Å². The van der Waals surface area contributed by atoms with Gasteiger partial charge in [0.25, 0.3) is 0 Å². The number of hydrogen-bond donors (Lipinski definition) is 1. The van der Waals surface area contributed by atoms with E-state index in [0.29, 0.717) is 38.4 Å². The molecule has 36 heavy (non-hydrogen) atoms. The lowest BCUT2D eigenvalue weighted by molar-refractivity contribution is -0.111. The molecule has 0 unspecified atom stereocenters. The third-order valence-electron chi connectivity index (χ3n) is 5.60. The van der Waals surface area contributed by atoms with Crippen LogP contribution >= 0.6 is 23.2 Å². The molecule has 0 radical (unpaired) electrons. The van der Waals surface area contributed by atoms with Crippen molar-refractivity contribution in [2.45, 2.75) is 6.92 Å². The number of carbonyl (C=O) groups excluding carboxylic acids is 1. The van der Waals surface area contributed by atoms with Crippen LogP contribution in [-0.2, 0) is 4.79 Å². The second kappa shape index (κ2) is 9.90. The lowest BCUT2D eigenvalue weighted by Gasteiger charge is -2.09. The Hall–Kier alpha value is -4.06. The van der Waals surface area contributed by atoms with Gasteiger partial charge in [0.15, 0.2) is 0 Å². The van der Waals surface area contributed by atoms with E-state index in [4.69, 9.17) is 32.0 Å². The van der Waals surface area contributed by atoms with Crippen LogP contribution in [0.2, 0.25) is 10.0 Å². The van der Waals surface area contributed by atoms with Gasteiger partial charge in [0, 0.05) is 32.8 Å². The number of aryl methyl sites for hydroxylation is 1. The van der Waals surface area contributed by atoms with Crippen molar-refractivity contribution in [1.82, 2.24) is 0 Å². The molecule has 0 aliphatic carbocycles. The van der Waals surface area contributed by atoms with Crippen molar-refractivity contribution in [2.75, 3.05) is 5.32 Å². The maximum atomic E-state index is 12.5. The third-order valence-corrected chi connectivity index (χ3v) is 6.03. The van der Waals surface area contributed by atoms with Crippen molar-refractivity contribution in [3.05, 3.63) is 117 Å². The van der Waals surface area contributed by atoms with Crippen molar-refractivity contribution >= 4 is 51.8 Å². The smallest absolute Gasteiger partial charge is 0.344 e. The third kappa shape index (κ3) is 5.13. The van der Waals surface area contributed by atoms with Crippen molar-refractivity contribution < 1.29 is 13.6 Å². The first-order valence-corrected chi connectivity index (χ1v) is 11.8. The molecular weight excluding hydrogens is 497 g/mol. The van der Waals surface area contributed by atoms with Crippen LogP contribution in [0, 0.1) is 6.92 Å². The number of amides is 1. The average molecular weight is 516 g/mol. The molecule has 1 N–H and O–H groups in total. The van der Waals surface area contributed by atoms with E-state index in [0.717, 1.165) is 22.1 Å². The van der Waals surface area contributed by atoms with Crippen molar-refractivity contribution in [3.8, 4) is 22.5 Å². The topological polar surface area (TPSA) is 72.5 Å². The maximum Gasteiger partial charge on any atom is 0.344 e. The fourth-order valence-electron chi connectivity index (χ4n) is 3.93. The summed E-state index contributed by atoms with van der Waals surface area (Å²) in [5.41, 5.74) is 3.52. The first-order chi connectivity index (χ1) is 17.4. The molecule has 5 rings (SSSR count). The second-order valence-corrected chi connectivity index (χ2v) is 9.07. The van der Waals surface area contributed by atoms with Crippen LogP contribution in [0.5, 0.6) is 0 Å². The predicted octanol–water partition coefficient (Wildman–Crippen LogP) is 7.99. The Morgan fingerprint density at radius 3 is 2.42 bits per heavy atom. The van der Waals surface area contributed by atoms with Gasteiger partial charge in [-0.1, -0.05) is 47.5 Å². The highest BCUT2D eigenvalue weighted by atomic mass is 35.5. The number of furan rings is 1. The molecule has 0 spiro atoms. The average Bonchev–Trinajstić information content (AvgIpc) is 3.31. The van der Waals surface area contributed by atoms with Gasteiger partial charge >= 0.3 is 5.63 Å². The van der Waals surface area contributed by atoms with Gasteiger partial charge < -0.3 is 14.2 Å². The highest BCUT2D eigenvalue weighted by molar-refractivity contribution is 6.35. The molecule has 0 fully saturated rings. The van der Waals surface area contributed by atoms with Crippen molar-refractivity contribution in [3.63, 3.8) is 0 Å². The van der Waals surface area contributed by atoms with E-state index in [9.17, 15) is 9.59 Å². The number of carbonyl (C=O) groups is 1. The van der Waals surface area contributed by atoms with Gasteiger partial charge in [-0.15, -0.1) is 0 Å². The molecule has 5 nitrogen and oxygen atoms in total. The van der Waals surface area contributed by atoms with E-state index in [1.54, 1.807) is 54.6 Å². The van der Waals surface area contributed by atoms with Crippen LogP contribution in [0.25, 0.3) is 39.5 Å². The highest BCUT2D eigenvalue weighted by Crippen LogP contribution is 2.29. The molecule has 0 saturated carbocycles. The van der Waals surface area contributed by atoms with Crippen LogP contribution < -0.4 is 10.9 Å². The van der Waals surface area contributed by atoms with Gasteiger partial charge in [0.05, 0.1) is 5.56 Å². The largest absolute Gasteiger partial charge is 0.457 e. The minimum atomic E-state index is -0.408. The Labute approximate surface area is 216 Å². The molecule has 2 heterocycles. The van der Waals surface area contributed by atoms with E-state index in [-0.39, 0.29) is 5.91 Å². The van der Waals surface area contributed by atoms with Crippen LogP contribution in [0.15, 0.2) is 98.6 Å². The van der Waals surface area contributed by atoms with Gasteiger partial charge in [0.1, 0.15) is 17.1 Å². The Morgan fingerprint density at radius 2 is 1.64 bits per heavy atom. The van der Waals surface area contributed by atoms with Crippen LogP contribution in [0.1, 0.15) is 11.3 Å². The molecule has 3 aromatic carbocycles. The normalized spacial score (nSPS) is 11.3. The first-order valence-electron chi connectivity index (χ1n) is 11.0. The molecule has 0 saturated heterocycles. The zero-order chi connectivity index (χ0) is 25.2. The van der Waals surface area contributed by atoms with Gasteiger partial charge in [-0.05, 0) is 78.7 Å². The number of para-hydroxylation sites is 1. The molecule has 0 bridgehead atoms. The summed E-state index contributed by atoms with van der Waals surface area (Å²) >= 11 is 12.1. The Bertz CT molecular complexity index is 1680.